The molecule has 0 spiro atoms. The maximum absolute atomic E-state index is 13.4. The quantitative estimate of drug-likeness (QED) is 0.466. The third-order valence-electron chi connectivity index (χ3n) is 6.00. The SMILES string of the molecule is COc1cccc([C@@H]2C3=C(CC(C)(C)CC3=O)Nc3nc(SCC(C)C)[nH]c(=O)c32)c1OC. The van der Waals surface area contributed by atoms with Crippen LogP contribution >= 0.6 is 11.8 Å². The van der Waals surface area contributed by atoms with Crippen LogP contribution in [0.5, 0.6) is 11.5 Å². The molecule has 1 aliphatic carbocycles. The molecule has 0 fully saturated rings. The number of H-pyrrole nitrogens is 1. The van der Waals surface area contributed by atoms with Gasteiger partial charge in [-0.1, -0.05) is 51.6 Å². The number of hydrogen-bond donors (Lipinski definition) is 2. The Balaban J connectivity index is 1.95. The number of para-hydroxylation sites is 1. The summed E-state index contributed by atoms with van der Waals surface area (Å²) in [5, 5.41) is 3.93. The van der Waals surface area contributed by atoms with Crippen molar-refractivity contribution >= 4 is 23.4 Å². The average Bonchev–Trinajstić information content (AvgIpc) is 2.74. The molecule has 2 aliphatic rings. The molecule has 2 N–H and O–H groups in total. The van der Waals surface area contributed by atoms with E-state index in [0.29, 0.717) is 52.4 Å². The Morgan fingerprint density at radius 2 is 1.94 bits per heavy atom. The van der Waals surface area contributed by atoms with Crippen LogP contribution in [-0.4, -0.2) is 35.7 Å². The zero-order valence-corrected chi connectivity index (χ0v) is 20.8. The first-order valence-corrected chi connectivity index (χ1v) is 12.1. The van der Waals surface area contributed by atoms with E-state index >= 15 is 0 Å². The Morgan fingerprint density at radius 3 is 2.61 bits per heavy atom. The number of aromatic nitrogens is 2. The van der Waals surface area contributed by atoms with Crippen LogP contribution in [0, 0.1) is 11.3 Å². The summed E-state index contributed by atoms with van der Waals surface area (Å²) in [6.45, 7) is 8.42. The van der Waals surface area contributed by atoms with Gasteiger partial charge < -0.3 is 19.8 Å². The van der Waals surface area contributed by atoms with Crippen LogP contribution in [0.15, 0.2) is 39.4 Å². The highest BCUT2D eigenvalue weighted by molar-refractivity contribution is 7.99. The molecule has 0 saturated carbocycles. The summed E-state index contributed by atoms with van der Waals surface area (Å²) in [4.78, 5) is 34.6. The van der Waals surface area contributed by atoms with Gasteiger partial charge in [0, 0.05) is 29.0 Å². The van der Waals surface area contributed by atoms with E-state index in [9.17, 15) is 9.59 Å². The van der Waals surface area contributed by atoms with E-state index in [1.165, 1.54) is 11.8 Å². The first-order valence-electron chi connectivity index (χ1n) is 11.2. The molecule has 33 heavy (non-hydrogen) atoms. The lowest BCUT2D eigenvalue weighted by Crippen LogP contribution is -2.37. The molecular formula is C25H31N3O4S. The van der Waals surface area contributed by atoms with E-state index in [0.717, 1.165) is 17.0 Å². The standard InChI is InChI=1S/C25H31N3O4S/c1-13(2)12-33-24-27-22-20(23(30)28-24)18(14-8-7-9-17(31-5)21(14)32-6)19-15(26-22)10-25(3,4)11-16(19)29/h7-9,13,18H,10-12H2,1-6H3,(H2,26,27,28,30)/t18-/m1/s1. The van der Waals surface area contributed by atoms with E-state index < -0.39 is 5.92 Å². The maximum atomic E-state index is 13.4. The van der Waals surface area contributed by atoms with E-state index in [1.807, 2.05) is 12.1 Å². The molecule has 1 atom stereocenters. The molecule has 7 nitrogen and oxygen atoms in total. The molecule has 0 radical (unpaired) electrons. The summed E-state index contributed by atoms with van der Waals surface area (Å²) >= 11 is 1.52. The number of hydrogen-bond acceptors (Lipinski definition) is 7. The predicted molar refractivity (Wildman–Crippen MR) is 130 cm³/mol. The molecule has 1 aliphatic heterocycles. The molecule has 2 aromatic rings. The number of allylic oxidation sites excluding steroid dienone is 2. The van der Waals surface area contributed by atoms with Crippen LogP contribution in [0.3, 0.4) is 0 Å². The van der Waals surface area contributed by atoms with Crippen molar-refractivity contribution in [1.82, 2.24) is 9.97 Å². The fraction of sp³-hybridized carbons (Fsp3) is 0.480. The molecule has 2 heterocycles. The number of rotatable bonds is 6. The minimum atomic E-state index is -0.592. The maximum Gasteiger partial charge on any atom is 0.257 e. The summed E-state index contributed by atoms with van der Waals surface area (Å²) in [6, 6.07) is 5.55. The van der Waals surface area contributed by atoms with Crippen LogP contribution in [0.25, 0.3) is 0 Å². The molecular weight excluding hydrogens is 438 g/mol. The Labute approximate surface area is 198 Å². The Bertz CT molecular complexity index is 1180. The number of nitrogens with zero attached hydrogens (tertiary/aromatic N) is 1. The van der Waals surface area contributed by atoms with Gasteiger partial charge in [-0.3, -0.25) is 9.59 Å². The number of anilines is 1. The Hall–Kier alpha value is -2.74. The smallest absolute Gasteiger partial charge is 0.257 e. The molecule has 0 saturated heterocycles. The van der Waals surface area contributed by atoms with Gasteiger partial charge in [0.05, 0.1) is 25.7 Å². The van der Waals surface area contributed by atoms with Crippen molar-refractivity contribution in [2.45, 2.75) is 51.6 Å². The Kier molecular flexibility index (Phi) is 6.31. The fourth-order valence-electron chi connectivity index (χ4n) is 4.66. The minimum absolute atomic E-state index is 0.0342. The largest absolute Gasteiger partial charge is 0.493 e. The van der Waals surface area contributed by atoms with E-state index in [2.05, 4.69) is 38.0 Å². The first kappa shape index (κ1) is 23.4. The van der Waals surface area contributed by atoms with Crippen molar-refractivity contribution < 1.29 is 14.3 Å². The lowest BCUT2D eigenvalue weighted by molar-refractivity contribution is -0.118. The molecule has 8 heteroatoms. The van der Waals surface area contributed by atoms with Gasteiger partial charge in [-0.15, -0.1) is 0 Å². The lowest BCUT2D eigenvalue weighted by atomic mass is 9.69. The van der Waals surface area contributed by atoms with Crippen molar-refractivity contribution in [3.05, 3.63) is 50.9 Å². The van der Waals surface area contributed by atoms with Gasteiger partial charge in [0.25, 0.3) is 5.56 Å². The number of nitrogens with one attached hydrogen (secondary N) is 2. The highest BCUT2D eigenvalue weighted by Crippen LogP contribution is 2.50. The number of carbonyl (C=O) groups is 1. The van der Waals surface area contributed by atoms with Crippen LogP contribution < -0.4 is 20.3 Å². The third kappa shape index (κ3) is 4.40. The van der Waals surface area contributed by atoms with Crippen LogP contribution in [0.1, 0.15) is 57.6 Å². The van der Waals surface area contributed by atoms with Gasteiger partial charge in [-0.25, -0.2) is 4.98 Å². The highest BCUT2D eigenvalue weighted by atomic mass is 32.2. The summed E-state index contributed by atoms with van der Waals surface area (Å²) in [5.41, 5.74) is 2.16. The van der Waals surface area contributed by atoms with Crippen molar-refractivity contribution in [3.63, 3.8) is 0 Å². The van der Waals surface area contributed by atoms with E-state index in [1.54, 1.807) is 20.3 Å². The van der Waals surface area contributed by atoms with Gasteiger partial charge >= 0.3 is 0 Å². The topological polar surface area (TPSA) is 93.3 Å². The predicted octanol–water partition coefficient (Wildman–Crippen LogP) is 4.74. The number of Topliss-reactive ketones (excluding diaryl/α,β-unsaturated/α-hetero) is 1. The number of ketones is 1. The van der Waals surface area contributed by atoms with Gasteiger partial charge in [0.1, 0.15) is 5.82 Å². The van der Waals surface area contributed by atoms with E-state index in [-0.39, 0.29) is 16.8 Å². The van der Waals surface area contributed by atoms with Crippen LogP contribution in [-0.2, 0) is 4.79 Å². The number of benzene rings is 1. The number of carbonyl (C=O) groups excluding carboxylic acids is 1. The minimum Gasteiger partial charge on any atom is -0.493 e. The van der Waals surface area contributed by atoms with Crippen LogP contribution in [0.2, 0.25) is 0 Å². The summed E-state index contributed by atoms with van der Waals surface area (Å²) in [5.74, 6) is 2.31. The molecule has 1 aromatic carbocycles. The monoisotopic (exact) mass is 469 g/mol. The molecule has 0 amide bonds. The van der Waals surface area contributed by atoms with Crippen molar-refractivity contribution in [3.8, 4) is 11.5 Å². The highest BCUT2D eigenvalue weighted by Gasteiger charge is 2.43. The molecule has 4 rings (SSSR count). The average molecular weight is 470 g/mol. The first-order chi connectivity index (χ1) is 15.6. The lowest BCUT2D eigenvalue weighted by Gasteiger charge is -2.38. The van der Waals surface area contributed by atoms with Gasteiger partial charge in [0.2, 0.25) is 0 Å². The van der Waals surface area contributed by atoms with Crippen molar-refractivity contribution in [2.24, 2.45) is 11.3 Å². The summed E-state index contributed by atoms with van der Waals surface area (Å²) in [7, 11) is 3.14. The zero-order valence-electron chi connectivity index (χ0n) is 20.0. The van der Waals surface area contributed by atoms with Gasteiger partial charge in [0.15, 0.2) is 22.4 Å². The number of thioether (sulfide) groups is 1. The second-order valence-electron chi connectivity index (χ2n) is 9.81. The third-order valence-corrected chi connectivity index (χ3v) is 7.30. The molecule has 176 valence electrons. The van der Waals surface area contributed by atoms with Gasteiger partial charge in [-0.05, 0) is 23.8 Å². The van der Waals surface area contributed by atoms with Crippen molar-refractivity contribution in [2.75, 3.05) is 25.3 Å². The van der Waals surface area contributed by atoms with Crippen molar-refractivity contribution in [1.29, 1.82) is 0 Å². The van der Waals surface area contributed by atoms with E-state index in [4.69, 9.17) is 14.5 Å². The fourth-order valence-corrected chi connectivity index (χ4v) is 5.47. The number of aromatic amines is 1. The molecule has 1 aromatic heterocycles. The molecule has 0 unspecified atom stereocenters. The number of ether oxygens (including phenoxy) is 2. The normalized spacial score (nSPS) is 19.1. The zero-order chi connectivity index (χ0) is 23.9. The number of fused-ring (bicyclic) bond motifs is 1. The Morgan fingerprint density at radius 1 is 1.18 bits per heavy atom. The second kappa shape index (κ2) is 8.89. The number of methoxy groups -OCH3 is 2. The summed E-state index contributed by atoms with van der Waals surface area (Å²) in [6.07, 6.45) is 1.11. The van der Waals surface area contributed by atoms with Crippen LogP contribution in [0.4, 0.5) is 5.82 Å². The summed E-state index contributed by atoms with van der Waals surface area (Å²) < 4.78 is 11.2. The second-order valence-corrected chi connectivity index (χ2v) is 10.8. The molecule has 0 bridgehead atoms. The van der Waals surface area contributed by atoms with Gasteiger partial charge in [-0.2, -0.15) is 0 Å².